The smallest absolute Gasteiger partial charge is 0.169 e. The molecule has 1 aromatic carbocycles. The van der Waals surface area contributed by atoms with E-state index in [-0.39, 0.29) is 17.5 Å². The molecule has 0 aliphatic heterocycles. The van der Waals surface area contributed by atoms with E-state index in [1.807, 2.05) is 24.3 Å². The highest BCUT2D eigenvalue weighted by Gasteiger charge is 2.29. The Morgan fingerprint density at radius 3 is 2.63 bits per heavy atom. The Bertz CT molecular complexity index is 640. The van der Waals surface area contributed by atoms with E-state index in [4.69, 9.17) is 17.3 Å². The quantitative estimate of drug-likeness (QED) is 0.867. The van der Waals surface area contributed by atoms with Gasteiger partial charge in [-0.15, -0.1) is 0 Å². The standard InChI is InChI=1S/C14H12ClN3O/c15-10-3-1-8(2-4-10)9-5-11-13(12(19)6-9)14(16)18-7-17-11/h1-4,7,9H,5-6H2,(H2,16,17,18)/t9-/m1/s1. The van der Waals surface area contributed by atoms with Gasteiger partial charge in [-0.25, -0.2) is 9.97 Å². The summed E-state index contributed by atoms with van der Waals surface area (Å²) in [6.45, 7) is 0. The number of hydrogen-bond acceptors (Lipinski definition) is 4. The van der Waals surface area contributed by atoms with Crippen molar-refractivity contribution in [3.05, 3.63) is 52.4 Å². The van der Waals surface area contributed by atoms with E-state index in [1.54, 1.807) is 0 Å². The Kier molecular flexibility index (Phi) is 2.95. The van der Waals surface area contributed by atoms with E-state index in [9.17, 15) is 4.79 Å². The summed E-state index contributed by atoms with van der Waals surface area (Å²) in [6, 6.07) is 7.59. The minimum Gasteiger partial charge on any atom is -0.383 e. The predicted molar refractivity (Wildman–Crippen MR) is 73.3 cm³/mol. The molecule has 2 N–H and O–H groups in total. The second kappa shape index (κ2) is 4.63. The Morgan fingerprint density at radius 2 is 1.89 bits per heavy atom. The summed E-state index contributed by atoms with van der Waals surface area (Å²) in [5.74, 6) is 0.426. The fourth-order valence-corrected chi connectivity index (χ4v) is 2.62. The maximum absolute atomic E-state index is 12.2. The van der Waals surface area contributed by atoms with E-state index in [2.05, 4.69) is 9.97 Å². The first-order valence-electron chi connectivity index (χ1n) is 6.03. The molecule has 1 heterocycles. The lowest BCUT2D eigenvalue weighted by Crippen LogP contribution is -2.22. The normalized spacial score (nSPS) is 18.2. The Labute approximate surface area is 115 Å². The highest BCUT2D eigenvalue weighted by Crippen LogP contribution is 2.33. The number of carbonyl (C=O) groups is 1. The molecule has 96 valence electrons. The number of aromatic nitrogens is 2. The molecule has 0 radical (unpaired) electrons. The van der Waals surface area contributed by atoms with Crippen LogP contribution in [0.25, 0.3) is 0 Å². The number of Topliss-reactive ketones (excluding diaryl/α,β-unsaturated/α-hetero) is 1. The van der Waals surface area contributed by atoms with Crippen LogP contribution in [0.1, 0.15) is 34.0 Å². The zero-order chi connectivity index (χ0) is 13.4. The maximum atomic E-state index is 12.2. The number of nitrogen functional groups attached to an aromatic ring is 1. The van der Waals surface area contributed by atoms with Crippen molar-refractivity contribution in [2.75, 3.05) is 5.73 Å². The number of benzene rings is 1. The average molecular weight is 274 g/mol. The van der Waals surface area contributed by atoms with Gasteiger partial charge in [0.25, 0.3) is 0 Å². The van der Waals surface area contributed by atoms with Gasteiger partial charge in [-0.3, -0.25) is 4.79 Å². The van der Waals surface area contributed by atoms with Crippen LogP contribution in [0.3, 0.4) is 0 Å². The molecule has 2 aromatic rings. The van der Waals surface area contributed by atoms with E-state index in [0.29, 0.717) is 23.4 Å². The molecular formula is C14H12ClN3O. The molecule has 5 heteroatoms. The first-order valence-corrected chi connectivity index (χ1v) is 6.41. The fraction of sp³-hybridized carbons (Fsp3) is 0.214. The predicted octanol–water partition coefficient (Wildman–Crippen LogP) is 2.62. The van der Waals surface area contributed by atoms with Crippen molar-refractivity contribution < 1.29 is 4.79 Å². The third-order valence-corrected chi connectivity index (χ3v) is 3.70. The third-order valence-electron chi connectivity index (χ3n) is 3.45. The monoisotopic (exact) mass is 273 g/mol. The molecule has 1 atom stereocenters. The van der Waals surface area contributed by atoms with Crippen molar-refractivity contribution in [3.8, 4) is 0 Å². The number of fused-ring (bicyclic) bond motifs is 1. The number of anilines is 1. The topological polar surface area (TPSA) is 68.9 Å². The Morgan fingerprint density at radius 1 is 1.16 bits per heavy atom. The van der Waals surface area contributed by atoms with Gasteiger partial charge in [0.15, 0.2) is 5.78 Å². The number of nitrogens with two attached hydrogens (primary N) is 1. The van der Waals surface area contributed by atoms with Gasteiger partial charge in [0, 0.05) is 11.4 Å². The van der Waals surface area contributed by atoms with Crippen LogP contribution in [0.2, 0.25) is 5.02 Å². The van der Waals surface area contributed by atoms with Crippen molar-refractivity contribution in [1.29, 1.82) is 0 Å². The fourth-order valence-electron chi connectivity index (χ4n) is 2.50. The van der Waals surface area contributed by atoms with E-state index >= 15 is 0 Å². The molecule has 0 fully saturated rings. The second-order valence-electron chi connectivity index (χ2n) is 4.66. The van der Waals surface area contributed by atoms with Crippen molar-refractivity contribution in [3.63, 3.8) is 0 Å². The number of nitrogens with zero attached hydrogens (tertiary/aromatic N) is 2. The van der Waals surface area contributed by atoms with Crippen LogP contribution in [0.4, 0.5) is 5.82 Å². The van der Waals surface area contributed by atoms with E-state index in [1.165, 1.54) is 6.33 Å². The van der Waals surface area contributed by atoms with Gasteiger partial charge < -0.3 is 5.73 Å². The maximum Gasteiger partial charge on any atom is 0.169 e. The van der Waals surface area contributed by atoms with Crippen molar-refractivity contribution in [1.82, 2.24) is 9.97 Å². The van der Waals surface area contributed by atoms with Gasteiger partial charge in [-0.1, -0.05) is 23.7 Å². The molecule has 0 bridgehead atoms. The first-order chi connectivity index (χ1) is 9.15. The first kappa shape index (κ1) is 12.1. The van der Waals surface area contributed by atoms with Crippen molar-refractivity contribution in [2.45, 2.75) is 18.8 Å². The molecule has 1 aliphatic rings. The molecule has 1 aromatic heterocycles. The van der Waals surface area contributed by atoms with Crippen LogP contribution in [-0.2, 0) is 6.42 Å². The van der Waals surface area contributed by atoms with Gasteiger partial charge in [0.2, 0.25) is 0 Å². The van der Waals surface area contributed by atoms with Gasteiger partial charge >= 0.3 is 0 Å². The highest BCUT2D eigenvalue weighted by molar-refractivity contribution is 6.30. The van der Waals surface area contributed by atoms with Gasteiger partial charge in [-0.2, -0.15) is 0 Å². The molecule has 0 spiro atoms. The molecule has 0 unspecified atom stereocenters. The van der Waals surface area contributed by atoms with Gasteiger partial charge in [0.1, 0.15) is 12.1 Å². The van der Waals surface area contributed by atoms with E-state index < -0.39 is 0 Å². The van der Waals surface area contributed by atoms with Gasteiger partial charge in [-0.05, 0) is 30.0 Å². The number of ketones is 1. The Hall–Kier alpha value is -1.94. The van der Waals surface area contributed by atoms with Crippen LogP contribution in [0, 0.1) is 0 Å². The van der Waals surface area contributed by atoms with Crippen LogP contribution < -0.4 is 5.73 Å². The number of halogens is 1. The van der Waals surface area contributed by atoms with Gasteiger partial charge in [0.05, 0.1) is 11.3 Å². The van der Waals surface area contributed by atoms with Crippen molar-refractivity contribution >= 4 is 23.2 Å². The molecule has 19 heavy (non-hydrogen) atoms. The summed E-state index contributed by atoms with van der Waals surface area (Å²) in [5, 5.41) is 0.692. The number of rotatable bonds is 1. The minimum atomic E-state index is 0.0132. The summed E-state index contributed by atoms with van der Waals surface area (Å²) in [5.41, 5.74) is 8.08. The highest BCUT2D eigenvalue weighted by atomic mass is 35.5. The lowest BCUT2D eigenvalue weighted by atomic mass is 9.82. The molecule has 1 aliphatic carbocycles. The minimum absolute atomic E-state index is 0.0132. The van der Waals surface area contributed by atoms with Crippen LogP contribution in [0.15, 0.2) is 30.6 Å². The SMILES string of the molecule is Nc1ncnc2c1C(=O)C[C@H](c1ccc(Cl)cc1)C2. The van der Waals surface area contributed by atoms with Crippen LogP contribution in [-0.4, -0.2) is 15.8 Å². The Balaban J connectivity index is 1.97. The zero-order valence-electron chi connectivity index (χ0n) is 10.1. The second-order valence-corrected chi connectivity index (χ2v) is 5.10. The summed E-state index contributed by atoms with van der Waals surface area (Å²) in [7, 11) is 0. The van der Waals surface area contributed by atoms with Crippen LogP contribution in [0.5, 0.6) is 0 Å². The largest absolute Gasteiger partial charge is 0.383 e. The molecular weight excluding hydrogens is 262 g/mol. The third kappa shape index (κ3) is 2.19. The molecule has 0 amide bonds. The molecule has 0 saturated heterocycles. The number of carbonyl (C=O) groups excluding carboxylic acids is 1. The lowest BCUT2D eigenvalue weighted by Gasteiger charge is -2.23. The van der Waals surface area contributed by atoms with E-state index in [0.717, 1.165) is 11.3 Å². The summed E-state index contributed by atoms with van der Waals surface area (Å²) in [4.78, 5) is 20.2. The molecule has 4 nitrogen and oxygen atoms in total. The van der Waals surface area contributed by atoms with Crippen LogP contribution >= 0.6 is 11.6 Å². The number of hydrogen-bond donors (Lipinski definition) is 1. The zero-order valence-corrected chi connectivity index (χ0v) is 10.9. The summed E-state index contributed by atoms with van der Waals surface area (Å²) >= 11 is 5.88. The van der Waals surface area contributed by atoms with Crippen molar-refractivity contribution in [2.24, 2.45) is 0 Å². The average Bonchev–Trinajstić information content (AvgIpc) is 2.39. The molecule has 3 rings (SSSR count). The summed E-state index contributed by atoms with van der Waals surface area (Å²) in [6.07, 6.45) is 2.55. The molecule has 0 saturated carbocycles. The summed E-state index contributed by atoms with van der Waals surface area (Å²) < 4.78 is 0. The lowest BCUT2D eigenvalue weighted by molar-refractivity contribution is 0.0963.